The van der Waals surface area contributed by atoms with Crippen molar-refractivity contribution in [2.24, 2.45) is 16.7 Å². The maximum atomic E-state index is 12.7. The Morgan fingerprint density at radius 3 is 2.52 bits per heavy atom. The summed E-state index contributed by atoms with van der Waals surface area (Å²) in [4.78, 5) is 16.9. The number of carbonyl (C=O) groups excluding carboxylic acids is 1. The fourth-order valence-electron chi connectivity index (χ4n) is 3.74. The number of nitriles is 1. The minimum absolute atomic E-state index is 0.0106. The van der Waals surface area contributed by atoms with Gasteiger partial charge < -0.3 is 9.64 Å². The quantitative estimate of drug-likeness (QED) is 0.764. The Hall–Kier alpha value is -1.12. The Labute approximate surface area is 126 Å². The van der Waals surface area contributed by atoms with Crippen LogP contribution in [0, 0.1) is 28.1 Å². The highest BCUT2D eigenvalue weighted by atomic mass is 16.5. The van der Waals surface area contributed by atoms with Gasteiger partial charge in [0.1, 0.15) is 0 Å². The summed E-state index contributed by atoms with van der Waals surface area (Å²) in [5.74, 6) is 0.207. The lowest BCUT2D eigenvalue weighted by molar-refractivity contribution is -0.197. The van der Waals surface area contributed by atoms with Crippen molar-refractivity contribution in [1.82, 2.24) is 9.80 Å². The van der Waals surface area contributed by atoms with Gasteiger partial charge in [0.05, 0.1) is 36.7 Å². The maximum Gasteiger partial charge on any atom is 0.240 e. The van der Waals surface area contributed by atoms with Gasteiger partial charge in [0.15, 0.2) is 0 Å². The van der Waals surface area contributed by atoms with E-state index in [1.165, 1.54) is 0 Å². The van der Waals surface area contributed by atoms with E-state index in [4.69, 9.17) is 4.74 Å². The van der Waals surface area contributed by atoms with Gasteiger partial charge in [-0.05, 0) is 11.8 Å². The number of hydrogen-bond acceptors (Lipinski definition) is 4. The third kappa shape index (κ3) is 2.79. The Kier molecular flexibility index (Phi) is 3.50. The van der Waals surface area contributed by atoms with Crippen LogP contribution in [0.2, 0.25) is 0 Å². The first-order valence-corrected chi connectivity index (χ1v) is 7.82. The molecule has 3 fully saturated rings. The highest BCUT2D eigenvalue weighted by Gasteiger charge is 2.52. The molecule has 3 aliphatic rings. The van der Waals surface area contributed by atoms with Crippen molar-refractivity contribution < 1.29 is 9.53 Å². The van der Waals surface area contributed by atoms with Crippen molar-refractivity contribution in [3.63, 3.8) is 0 Å². The molecule has 3 heterocycles. The molecule has 2 unspecified atom stereocenters. The van der Waals surface area contributed by atoms with E-state index < -0.39 is 0 Å². The molecule has 5 heteroatoms. The zero-order chi connectivity index (χ0) is 15.3. The second-order valence-electron chi connectivity index (χ2n) is 8.25. The minimum atomic E-state index is -0.104. The number of hydrogen-bond donors (Lipinski definition) is 0. The number of likely N-dealkylation sites (tertiary alicyclic amines) is 2. The van der Waals surface area contributed by atoms with Crippen molar-refractivity contribution >= 4 is 5.91 Å². The van der Waals surface area contributed by atoms with Gasteiger partial charge in [0.2, 0.25) is 5.91 Å². The molecule has 5 nitrogen and oxygen atoms in total. The van der Waals surface area contributed by atoms with Crippen molar-refractivity contribution in [2.45, 2.75) is 33.2 Å². The highest BCUT2D eigenvalue weighted by molar-refractivity contribution is 5.83. The molecule has 3 aliphatic heterocycles. The highest BCUT2D eigenvalue weighted by Crippen LogP contribution is 2.39. The first kappa shape index (κ1) is 14.8. The van der Waals surface area contributed by atoms with Gasteiger partial charge in [-0.2, -0.15) is 5.26 Å². The van der Waals surface area contributed by atoms with Crippen LogP contribution in [0.3, 0.4) is 0 Å². The first-order valence-electron chi connectivity index (χ1n) is 7.82. The van der Waals surface area contributed by atoms with E-state index in [1.54, 1.807) is 0 Å². The number of ether oxygens (including phenoxy) is 1. The van der Waals surface area contributed by atoms with Crippen LogP contribution < -0.4 is 0 Å². The summed E-state index contributed by atoms with van der Waals surface area (Å²) in [6.45, 7) is 11.4. The van der Waals surface area contributed by atoms with Crippen LogP contribution in [0.25, 0.3) is 0 Å². The summed E-state index contributed by atoms with van der Waals surface area (Å²) in [5, 5.41) is 9.20. The van der Waals surface area contributed by atoms with E-state index in [1.807, 2.05) is 4.90 Å². The molecule has 0 bridgehead atoms. The summed E-state index contributed by atoms with van der Waals surface area (Å²) < 4.78 is 5.26. The molecular weight excluding hydrogens is 266 g/mol. The van der Waals surface area contributed by atoms with Gasteiger partial charge in [-0.15, -0.1) is 0 Å². The monoisotopic (exact) mass is 291 g/mol. The van der Waals surface area contributed by atoms with Crippen molar-refractivity contribution in [2.75, 3.05) is 39.4 Å². The summed E-state index contributed by atoms with van der Waals surface area (Å²) in [7, 11) is 0. The Balaban J connectivity index is 1.64. The normalized spacial score (nSPS) is 31.6. The zero-order valence-electron chi connectivity index (χ0n) is 13.3. The van der Waals surface area contributed by atoms with Crippen molar-refractivity contribution in [1.29, 1.82) is 5.26 Å². The Morgan fingerprint density at radius 2 is 2.05 bits per heavy atom. The molecule has 1 spiro atoms. The molecule has 0 aromatic carbocycles. The van der Waals surface area contributed by atoms with Crippen LogP contribution in [0.1, 0.15) is 27.2 Å². The van der Waals surface area contributed by atoms with Crippen LogP contribution >= 0.6 is 0 Å². The van der Waals surface area contributed by atoms with Gasteiger partial charge in [-0.1, -0.05) is 20.8 Å². The number of rotatable bonds is 2. The molecule has 116 valence electrons. The summed E-state index contributed by atoms with van der Waals surface area (Å²) in [6.07, 6.45) is 0.686. The van der Waals surface area contributed by atoms with Crippen LogP contribution in [0.4, 0.5) is 0 Å². The van der Waals surface area contributed by atoms with Gasteiger partial charge in [0.25, 0.3) is 0 Å². The summed E-state index contributed by atoms with van der Waals surface area (Å²) in [6, 6.07) is 2.24. The average molecular weight is 291 g/mol. The molecule has 0 saturated carbocycles. The predicted molar refractivity (Wildman–Crippen MR) is 78.4 cm³/mol. The van der Waals surface area contributed by atoms with Gasteiger partial charge in [-0.3, -0.25) is 9.69 Å². The van der Waals surface area contributed by atoms with Gasteiger partial charge >= 0.3 is 0 Å². The van der Waals surface area contributed by atoms with E-state index in [2.05, 4.69) is 31.7 Å². The second kappa shape index (κ2) is 4.96. The SMILES string of the molecule is CC(C)(C)CN1CC(C#N)CC1C(=O)N1CC2(COC2)C1. The molecule has 0 aromatic rings. The molecule has 1 amide bonds. The van der Waals surface area contributed by atoms with Crippen LogP contribution in [0.5, 0.6) is 0 Å². The molecule has 3 rings (SSSR count). The molecule has 21 heavy (non-hydrogen) atoms. The van der Waals surface area contributed by atoms with E-state index in [0.717, 1.165) is 39.4 Å². The number of amides is 1. The van der Waals surface area contributed by atoms with E-state index in [9.17, 15) is 10.1 Å². The van der Waals surface area contributed by atoms with Crippen molar-refractivity contribution in [3.05, 3.63) is 0 Å². The molecular formula is C16H25N3O2. The standard InChI is InChI=1S/C16H25N3O2/c1-15(2,3)7-18-6-12(5-17)4-13(18)14(20)19-8-16(9-19)10-21-11-16/h12-13H,4,6-11H2,1-3H3. The molecule has 0 N–H and O–H groups in total. The number of nitrogens with zero attached hydrogens (tertiary/aromatic N) is 3. The zero-order valence-corrected chi connectivity index (χ0v) is 13.3. The average Bonchev–Trinajstić information content (AvgIpc) is 2.65. The molecule has 0 aliphatic carbocycles. The second-order valence-corrected chi connectivity index (χ2v) is 8.25. The van der Waals surface area contributed by atoms with E-state index in [-0.39, 0.29) is 28.7 Å². The minimum Gasteiger partial charge on any atom is -0.380 e. The smallest absolute Gasteiger partial charge is 0.240 e. The maximum absolute atomic E-state index is 12.7. The Morgan fingerprint density at radius 1 is 1.38 bits per heavy atom. The Bertz CT molecular complexity index is 465. The fraction of sp³-hybridized carbons (Fsp3) is 0.875. The molecule has 0 aromatic heterocycles. The van der Waals surface area contributed by atoms with E-state index in [0.29, 0.717) is 6.42 Å². The molecule has 3 saturated heterocycles. The lowest BCUT2D eigenvalue weighted by Crippen LogP contribution is -2.69. The summed E-state index contributed by atoms with van der Waals surface area (Å²) in [5.41, 5.74) is 0.401. The topological polar surface area (TPSA) is 56.6 Å². The van der Waals surface area contributed by atoms with Gasteiger partial charge in [-0.25, -0.2) is 0 Å². The third-order valence-corrected chi connectivity index (χ3v) is 4.73. The molecule has 0 radical (unpaired) electrons. The van der Waals surface area contributed by atoms with Crippen LogP contribution in [-0.4, -0.2) is 61.1 Å². The van der Waals surface area contributed by atoms with Gasteiger partial charge in [0, 0.05) is 26.2 Å². The van der Waals surface area contributed by atoms with Crippen molar-refractivity contribution in [3.8, 4) is 6.07 Å². The lowest BCUT2D eigenvalue weighted by Gasteiger charge is -2.55. The van der Waals surface area contributed by atoms with Crippen LogP contribution in [-0.2, 0) is 9.53 Å². The predicted octanol–water partition coefficient (Wildman–Crippen LogP) is 1.11. The van der Waals surface area contributed by atoms with E-state index >= 15 is 0 Å². The molecule has 2 atom stereocenters. The first-order chi connectivity index (χ1) is 9.82. The number of carbonyl (C=O) groups is 1. The largest absolute Gasteiger partial charge is 0.380 e. The van der Waals surface area contributed by atoms with Crippen LogP contribution in [0.15, 0.2) is 0 Å². The fourth-order valence-corrected chi connectivity index (χ4v) is 3.74. The lowest BCUT2D eigenvalue weighted by atomic mass is 9.77. The summed E-state index contributed by atoms with van der Waals surface area (Å²) >= 11 is 0. The third-order valence-electron chi connectivity index (χ3n) is 4.73.